The summed E-state index contributed by atoms with van der Waals surface area (Å²) in [5.74, 6) is 0.882. The van der Waals surface area contributed by atoms with Crippen molar-refractivity contribution in [2.45, 2.75) is 289 Å². The summed E-state index contributed by atoms with van der Waals surface area (Å²) < 4.78 is 14.6. The highest BCUT2D eigenvalue weighted by Crippen LogP contribution is 2.40. The van der Waals surface area contributed by atoms with Gasteiger partial charge in [-0.2, -0.15) is 0 Å². The lowest BCUT2D eigenvalue weighted by Crippen LogP contribution is -2.47. The molecule has 0 aliphatic carbocycles. The van der Waals surface area contributed by atoms with Gasteiger partial charge in [-0.25, -0.2) is 5.53 Å². The van der Waals surface area contributed by atoms with Crippen LogP contribution in [-0.4, -0.2) is 37.7 Å². The molecule has 372 valence electrons. The molecular formula is C55H104N4O3SSi. The minimum Gasteiger partial charge on any atom is -0.469 e. The van der Waals surface area contributed by atoms with Gasteiger partial charge in [-0.05, 0) is 43.0 Å². The van der Waals surface area contributed by atoms with E-state index in [1.165, 1.54) is 211 Å². The molecule has 0 spiro atoms. The monoisotopic (exact) mass is 929 g/mol. The van der Waals surface area contributed by atoms with E-state index in [0.717, 1.165) is 31.4 Å². The molecule has 0 bridgehead atoms. The summed E-state index contributed by atoms with van der Waals surface area (Å²) in [7, 11) is -0.465. The topological polar surface area (TPSA) is 75.5 Å². The van der Waals surface area contributed by atoms with Crippen LogP contribution >= 0.6 is 11.9 Å². The molecule has 0 saturated carbocycles. The van der Waals surface area contributed by atoms with Crippen molar-refractivity contribution >= 4 is 26.2 Å². The smallest absolute Gasteiger partial charge is 0.311 e. The summed E-state index contributed by atoms with van der Waals surface area (Å²) in [6.07, 6.45) is 48.0. The number of carbonyl (C=O) groups excluding carboxylic acids is 1. The number of benzene rings is 1. The summed E-state index contributed by atoms with van der Waals surface area (Å²) in [5, 5.41) is 8.51. The van der Waals surface area contributed by atoms with Gasteiger partial charge in [-0.1, -0.05) is 287 Å². The number of ether oxygens (including phenoxy) is 1. The Balaban J connectivity index is 1.51. The van der Waals surface area contributed by atoms with Crippen LogP contribution in [0.3, 0.4) is 0 Å². The molecule has 0 fully saturated rings. The number of carbonyl (C=O) groups is 1. The molecule has 9 heteroatoms. The number of hydrogen-bond donors (Lipinski definition) is 1. The highest BCUT2D eigenvalue weighted by Gasteiger charge is 2.42. The molecule has 64 heavy (non-hydrogen) atoms. The number of nitrogens with one attached hydrogen (secondary N) is 1. The van der Waals surface area contributed by atoms with Crippen LogP contribution in [0.1, 0.15) is 271 Å². The fraction of sp³-hybridized carbons (Fsp3) is 0.873. The SMILES string of the molecule is CCCCCCCCCCCCCCCCCCCCCCCCC(C(=O)OC)[C@@H](CCCCCCCCCCCCCCSN1NN=N[C@H]1c1ccccc1)O[Si](C)(C)C(C)(C)C. The maximum atomic E-state index is 13.3. The summed E-state index contributed by atoms with van der Waals surface area (Å²) >= 11 is 1.80. The Morgan fingerprint density at radius 3 is 1.42 bits per heavy atom. The number of rotatable bonds is 44. The first-order valence-corrected chi connectivity index (χ1v) is 31.3. The molecule has 1 unspecified atom stereocenters. The molecule has 1 heterocycles. The van der Waals surface area contributed by atoms with Crippen molar-refractivity contribution in [2.24, 2.45) is 16.3 Å². The predicted molar refractivity (Wildman–Crippen MR) is 281 cm³/mol. The Morgan fingerprint density at radius 2 is 1.02 bits per heavy atom. The van der Waals surface area contributed by atoms with Crippen LogP contribution in [0.15, 0.2) is 40.7 Å². The third kappa shape index (κ3) is 28.7. The van der Waals surface area contributed by atoms with Crippen molar-refractivity contribution in [2.75, 3.05) is 12.9 Å². The molecule has 2 rings (SSSR count). The van der Waals surface area contributed by atoms with Gasteiger partial charge in [0.05, 0.1) is 19.1 Å². The van der Waals surface area contributed by atoms with Gasteiger partial charge in [0, 0.05) is 5.75 Å². The first kappa shape index (κ1) is 58.7. The molecule has 1 aromatic rings. The van der Waals surface area contributed by atoms with Gasteiger partial charge in [0.2, 0.25) is 0 Å². The Labute approximate surface area is 402 Å². The van der Waals surface area contributed by atoms with E-state index in [9.17, 15) is 4.79 Å². The zero-order chi connectivity index (χ0) is 46.4. The van der Waals surface area contributed by atoms with E-state index >= 15 is 0 Å². The second kappa shape index (κ2) is 38.5. The quantitative estimate of drug-likeness (QED) is 0.0304. The first-order chi connectivity index (χ1) is 31.1. The van der Waals surface area contributed by atoms with Crippen LogP contribution in [0, 0.1) is 5.92 Å². The second-order valence-corrected chi connectivity index (χ2v) is 26.9. The predicted octanol–water partition coefficient (Wildman–Crippen LogP) is 18.8. The van der Waals surface area contributed by atoms with Gasteiger partial charge in [-0.3, -0.25) is 4.79 Å². The third-order valence-corrected chi connectivity index (χ3v) is 19.9. The van der Waals surface area contributed by atoms with Gasteiger partial charge in [0.25, 0.3) is 0 Å². The fourth-order valence-corrected chi connectivity index (χ4v) is 11.3. The normalized spacial score (nSPS) is 15.5. The molecule has 1 aliphatic rings. The number of hydrogen-bond acceptors (Lipinski definition) is 8. The minimum atomic E-state index is -2.04. The summed E-state index contributed by atoms with van der Waals surface area (Å²) in [6.45, 7) is 13.9. The molecule has 1 N–H and O–H groups in total. The van der Waals surface area contributed by atoms with E-state index in [1.807, 2.05) is 6.07 Å². The zero-order valence-corrected chi connectivity index (χ0v) is 45.1. The Morgan fingerprint density at radius 1 is 0.625 bits per heavy atom. The van der Waals surface area contributed by atoms with Crippen molar-refractivity contribution in [1.82, 2.24) is 9.95 Å². The van der Waals surface area contributed by atoms with Gasteiger partial charge < -0.3 is 9.16 Å². The molecule has 7 nitrogen and oxygen atoms in total. The molecule has 0 radical (unpaired) electrons. The van der Waals surface area contributed by atoms with Crippen molar-refractivity contribution in [3.63, 3.8) is 0 Å². The van der Waals surface area contributed by atoms with Crippen molar-refractivity contribution < 1.29 is 14.0 Å². The maximum Gasteiger partial charge on any atom is 0.311 e. The second-order valence-electron chi connectivity index (χ2n) is 21.0. The molecule has 1 aromatic carbocycles. The van der Waals surface area contributed by atoms with Gasteiger partial charge >= 0.3 is 5.97 Å². The van der Waals surface area contributed by atoms with E-state index in [1.54, 1.807) is 19.1 Å². The van der Waals surface area contributed by atoms with E-state index in [-0.39, 0.29) is 29.2 Å². The lowest BCUT2D eigenvalue weighted by Gasteiger charge is -2.41. The number of nitrogens with zero attached hydrogens (tertiary/aromatic N) is 3. The van der Waals surface area contributed by atoms with E-state index < -0.39 is 8.32 Å². The Bertz CT molecular complexity index is 1250. The molecule has 0 amide bonds. The van der Waals surface area contributed by atoms with E-state index in [4.69, 9.17) is 9.16 Å². The van der Waals surface area contributed by atoms with Gasteiger partial charge in [0.1, 0.15) is 0 Å². The average molecular weight is 930 g/mol. The molecule has 1 aliphatic heterocycles. The van der Waals surface area contributed by atoms with Crippen molar-refractivity contribution in [1.29, 1.82) is 0 Å². The third-order valence-electron chi connectivity index (χ3n) is 14.3. The largest absolute Gasteiger partial charge is 0.469 e. The fourth-order valence-electron chi connectivity index (χ4n) is 9.01. The van der Waals surface area contributed by atoms with Crippen LogP contribution in [0.25, 0.3) is 0 Å². The van der Waals surface area contributed by atoms with Crippen molar-refractivity contribution in [3.8, 4) is 0 Å². The van der Waals surface area contributed by atoms with Crippen LogP contribution in [0.4, 0.5) is 0 Å². The highest BCUT2D eigenvalue weighted by atomic mass is 32.2. The molecular weight excluding hydrogens is 825 g/mol. The molecule has 3 atom stereocenters. The van der Waals surface area contributed by atoms with Crippen LogP contribution in [0.5, 0.6) is 0 Å². The van der Waals surface area contributed by atoms with Crippen molar-refractivity contribution in [3.05, 3.63) is 35.9 Å². The van der Waals surface area contributed by atoms with Crippen LogP contribution in [-0.2, 0) is 14.0 Å². The number of esters is 1. The first-order valence-electron chi connectivity index (χ1n) is 27.5. The van der Waals surface area contributed by atoms with E-state index in [2.05, 4.69) is 85.3 Å². The maximum absolute atomic E-state index is 13.3. The molecule has 0 aromatic heterocycles. The summed E-state index contributed by atoms with van der Waals surface area (Å²) in [5.41, 5.74) is 4.21. The number of methoxy groups -OCH3 is 1. The lowest BCUT2D eigenvalue weighted by atomic mass is 9.91. The Kier molecular flexibility index (Phi) is 35.3. The highest BCUT2D eigenvalue weighted by molar-refractivity contribution is 7.96. The zero-order valence-electron chi connectivity index (χ0n) is 43.3. The average Bonchev–Trinajstić information content (AvgIpc) is 3.76. The summed E-state index contributed by atoms with van der Waals surface area (Å²) in [4.78, 5) is 13.3. The standard InChI is InChI=1S/C55H104N4O3SSi/c1-8-9-10-11-12-13-14-15-16-17-18-19-20-21-22-23-24-27-30-33-36-42-47-51(54(60)61-5)52(62-64(6,7)55(2,3)4)48-43-37-34-31-28-25-26-29-32-35-38-44-49-63-59-53(56-57-58-59)50-45-40-39-41-46-50/h39-41,45-46,51-53H,8-38,42-44,47-49H2,1-7H3,(H,56,58)/t51?,52-,53-/m1/s1. The van der Waals surface area contributed by atoms with E-state index in [0.29, 0.717) is 0 Å². The van der Waals surface area contributed by atoms with Gasteiger partial charge in [0.15, 0.2) is 14.5 Å². The van der Waals surface area contributed by atoms with Gasteiger partial charge in [-0.15, -0.1) is 9.53 Å². The number of unbranched alkanes of at least 4 members (excludes halogenated alkanes) is 32. The minimum absolute atomic E-state index is 0.0315. The lowest BCUT2D eigenvalue weighted by molar-refractivity contribution is -0.149. The summed E-state index contributed by atoms with van der Waals surface area (Å²) in [6, 6.07) is 10.4. The van der Waals surface area contributed by atoms with Crippen LogP contribution < -0.4 is 5.53 Å². The Hall–Kier alpha value is -1.42. The van der Waals surface area contributed by atoms with Crippen LogP contribution in [0.2, 0.25) is 18.1 Å². The molecule has 0 saturated heterocycles. The number of hydrazine groups is 1.